The number of nitrogens with two attached hydrogens (primary N) is 1. The monoisotopic (exact) mass is 400 g/mol. The van der Waals surface area contributed by atoms with Gasteiger partial charge in [-0.05, 0) is 55.8 Å². The van der Waals surface area contributed by atoms with Gasteiger partial charge < -0.3 is 15.9 Å². The van der Waals surface area contributed by atoms with Gasteiger partial charge in [-0.15, -0.1) is 0 Å². The Labute approximate surface area is 170 Å². The quantitative estimate of drug-likeness (QED) is 0.422. The molecule has 0 spiro atoms. The Morgan fingerprint density at radius 3 is 2.71 bits per heavy atom. The van der Waals surface area contributed by atoms with E-state index in [1.807, 2.05) is 18.2 Å². The van der Waals surface area contributed by atoms with E-state index in [9.17, 15) is 4.79 Å². The lowest BCUT2D eigenvalue weighted by atomic mass is 10.1. The van der Waals surface area contributed by atoms with Crippen molar-refractivity contribution in [3.63, 3.8) is 0 Å². The smallest absolute Gasteiger partial charge is 0.265 e. The molecule has 0 saturated carbocycles. The summed E-state index contributed by atoms with van der Waals surface area (Å²) in [6, 6.07) is 14.8. The van der Waals surface area contributed by atoms with Crippen LogP contribution in [0, 0.1) is 0 Å². The van der Waals surface area contributed by atoms with Gasteiger partial charge in [-0.25, -0.2) is 0 Å². The summed E-state index contributed by atoms with van der Waals surface area (Å²) < 4.78 is 0. The van der Waals surface area contributed by atoms with E-state index in [1.54, 1.807) is 24.3 Å². The van der Waals surface area contributed by atoms with Crippen LogP contribution in [0.4, 0.5) is 5.69 Å². The van der Waals surface area contributed by atoms with Crippen molar-refractivity contribution in [1.29, 1.82) is 0 Å². The van der Waals surface area contributed by atoms with E-state index >= 15 is 0 Å². The van der Waals surface area contributed by atoms with Gasteiger partial charge in [0.2, 0.25) is 0 Å². The van der Waals surface area contributed by atoms with Gasteiger partial charge in [0.1, 0.15) is 0 Å². The average Bonchev–Trinajstić information content (AvgIpc) is 2.69. The second kappa shape index (κ2) is 10.1. The van der Waals surface area contributed by atoms with E-state index in [0.717, 1.165) is 25.2 Å². The minimum absolute atomic E-state index is 0.235. The molecular formula is C21H25ClN4O2. The minimum Gasteiger partial charge on any atom is -0.384 e. The SMILES string of the molecule is N/C(=N\OCC(=O)Nc1cccc(Cl)c1)c1cccc(CN2CCCCC2)c1. The molecule has 7 heteroatoms. The number of amides is 1. The number of carbonyl (C=O) groups is 1. The van der Waals surface area contributed by atoms with E-state index in [2.05, 4.69) is 21.4 Å². The second-order valence-corrected chi connectivity index (χ2v) is 7.28. The molecule has 1 aliphatic heterocycles. The number of hydrogen-bond donors (Lipinski definition) is 2. The van der Waals surface area contributed by atoms with Gasteiger partial charge in [-0.1, -0.05) is 47.4 Å². The van der Waals surface area contributed by atoms with Crippen LogP contribution in [-0.4, -0.2) is 36.3 Å². The van der Waals surface area contributed by atoms with E-state index in [0.29, 0.717) is 10.7 Å². The molecule has 6 nitrogen and oxygen atoms in total. The van der Waals surface area contributed by atoms with Crippen molar-refractivity contribution in [3.8, 4) is 0 Å². The fraction of sp³-hybridized carbons (Fsp3) is 0.333. The largest absolute Gasteiger partial charge is 0.384 e. The molecule has 28 heavy (non-hydrogen) atoms. The molecular weight excluding hydrogens is 376 g/mol. The number of rotatable bonds is 7. The lowest BCUT2D eigenvalue weighted by molar-refractivity contribution is -0.120. The van der Waals surface area contributed by atoms with Gasteiger partial charge >= 0.3 is 0 Å². The zero-order chi connectivity index (χ0) is 19.8. The van der Waals surface area contributed by atoms with Crippen LogP contribution in [0.3, 0.4) is 0 Å². The number of carbonyl (C=O) groups excluding carboxylic acids is 1. The predicted octanol–water partition coefficient (Wildman–Crippen LogP) is 3.60. The summed E-state index contributed by atoms with van der Waals surface area (Å²) in [7, 11) is 0. The molecule has 1 saturated heterocycles. The summed E-state index contributed by atoms with van der Waals surface area (Å²) in [5.74, 6) is -0.0892. The zero-order valence-electron chi connectivity index (χ0n) is 15.7. The highest BCUT2D eigenvalue weighted by atomic mass is 35.5. The van der Waals surface area contributed by atoms with Gasteiger partial charge in [0.15, 0.2) is 12.4 Å². The molecule has 1 amide bonds. The summed E-state index contributed by atoms with van der Waals surface area (Å²) >= 11 is 5.89. The molecule has 0 aliphatic carbocycles. The van der Waals surface area contributed by atoms with Crippen molar-refractivity contribution >= 4 is 29.0 Å². The van der Waals surface area contributed by atoms with Crippen molar-refractivity contribution in [2.24, 2.45) is 10.9 Å². The van der Waals surface area contributed by atoms with Crippen LogP contribution in [0.25, 0.3) is 0 Å². The number of likely N-dealkylation sites (tertiary alicyclic amines) is 1. The Morgan fingerprint density at radius 2 is 1.93 bits per heavy atom. The molecule has 0 unspecified atom stereocenters. The Hall–Kier alpha value is -2.57. The van der Waals surface area contributed by atoms with Crippen molar-refractivity contribution < 1.29 is 9.63 Å². The number of amidine groups is 1. The van der Waals surface area contributed by atoms with Crippen LogP contribution in [-0.2, 0) is 16.2 Å². The molecule has 1 fully saturated rings. The number of halogens is 1. The Morgan fingerprint density at radius 1 is 1.14 bits per heavy atom. The third-order valence-electron chi connectivity index (χ3n) is 4.54. The van der Waals surface area contributed by atoms with Gasteiger partial charge in [0, 0.05) is 22.8 Å². The Bertz CT molecular complexity index is 835. The molecule has 0 radical (unpaired) electrons. The first-order valence-electron chi connectivity index (χ1n) is 9.43. The predicted molar refractivity (Wildman–Crippen MR) is 112 cm³/mol. The topological polar surface area (TPSA) is 80.0 Å². The van der Waals surface area contributed by atoms with Crippen LogP contribution in [0.5, 0.6) is 0 Å². The summed E-state index contributed by atoms with van der Waals surface area (Å²) in [5.41, 5.74) is 8.59. The van der Waals surface area contributed by atoms with Gasteiger partial charge in [-0.3, -0.25) is 9.69 Å². The normalized spacial score (nSPS) is 15.2. The Balaban J connectivity index is 1.51. The fourth-order valence-electron chi connectivity index (χ4n) is 3.18. The first-order valence-corrected chi connectivity index (χ1v) is 9.80. The van der Waals surface area contributed by atoms with Crippen LogP contribution in [0.2, 0.25) is 5.02 Å². The number of anilines is 1. The lowest BCUT2D eigenvalue weighted by Gasteiger charge is -2.26. The molecule has 0 bridgehead atoms. The van der Waals surface area contributed by atoms with E-state index in [4.69, 9.17) is 22.2 Å². The highest BCUT2D eigenvalue weighted by Gasteiger charge is 2.11. The number of oxime groups is 1. The van der Waals surface area contributed by atoms with Gasteiger partial charge in [-0.2, -0.15) is 0 Å². The van der Waals surface area contributed by atoms with Crippen LogP contribution < -0.4 is 11.1 Å². The molecule has 3 rings (SSSR count). The molecule has 0 aromatic heterocycles. The maximum absolute atomic E-state index is 11.9. The average molecular weight is 401 g/mol. The van der Waals surface area contributed by atoms with Crippen molar-refractivity contribution in [2.75, 3.05) is 25.0 Å². The number of nitrogens with zero attached hydrogens (tertiary/aromatic N) is 2. The third-order valence-corrected chi connectivity index (χ3v) is 4.78. The summed E-state index contributed by atoms with van der Waals surface area (Å²) in [5, 5.41) is 7.11. The summed E-state index contributed by atoms with van der Waals surface area (Å²) in [6.07, 6.45) is 3.83. The van der Waals surface area contributed by atoms with E-state index in [-0.39, 0.29) is 18.3 Å². The second-order valence-electron chi connectivity index (χ2n) is 6.85. The summed E-state index contributed by atoms with van der Waals surface area (Å²) in [4.78, 5) is 19.5. The number of benzene rings is 2. The fourth-order valence-corrected chi connectivity index (χ4v) is 3.37. The first-order chi connectivity index (χ1) is 13.6. The standard InChI is InChI=1S/C21H25ClN4O2/c22-18-8-5-9-19(13-18)24-20(27)15-28-25-21(23)17-7-4-6-16(12-17)14-26-10-2-1-3-11-26/h4-9,12-13H,1-3,10-11,14-15H2,(H2,23,25)(H,24,27). The summed E-state index contributed by atoms with van der Waals surface area (Å²) in [6.45, 7) is 2.95. The first kappa shape index (κ1) is 20.2. The van der Waals surface area contributed by atoms with Gasteiger partial charge in [0.05, 0.1) is 0 Å². The number of piperidine rings is 1. The molecule has 2 aromatic rings. The maximum atomic E-state index is 11.9. The molecule has 3 N–H and O–H groups in total. The van der Waals surface area contributed by atoms with Crippen LogP contribution in [0.1, 0.15) is 30.4 Å². The maximum Gasteiger partial charge on any atom is 0.265 e. The molecule has 148 valence electrons. The third kappa shape index (κ3) is 6.25. The minimum atomic E-state index is -0.335. The van der Waals surface area contributed by atoms with Crippen molar-refractivity contribution in [1.82, 2.24) is 4.90 Å². The van der Waals surface area contributed by atoms with Crippen LogP contribution >= 0.6 is 11.6 Å². The van der Waals surface area contributed by atoms with E-state index < -0.39 is 0 Å². The number of nitrogens with one attached hydrogen (secondary N) is 1. The molecule has 1 aliphatic rings. The highest BCUT2D eigenvalue weighted by Crippen LogP contribution is 2.15. The highest BCUT2D eigenvalue weighted by molar-refractivity contribution is 6.30. The van der Waals surface area contributed by atoms with E-state index in [1.165, 1.54) is 24.8 Å². The lowest BCUT2D eigenvalue weighted by Crippen LogP contribution is -2.29. The zero-order valence-corrected chi connectivity index (χ0v) is 16.5. The van der Waals surface area contributed by atoms with Crippen molar-refractivity contribution in [2.45, 2.75) is 25.8 Å². The molecule has 2 aromatic carbocycles. The Kier molecular flexibility index (Phi) is 7.28. The molecule has 1 heterocycles. The van der Waals surface area contributed by atoms with Gasteiger partial charge in [0.25, 0.3) is 5.91 Å². The van der Waals surface area contributed by atoms with Crippen molar-refractivity contribution in [3.05, 3.63) is 64.7 Å². The van der Waals surface area contributed by atoms with Crippen LogP contribution in [0.15, 0.2) is 53.7 Å². The number of hydrogen-bond acceptors (Lipinski definition) is 4. The molecule has 0 atom stereocenters.